The van der Waals surface area contributed by atoms with Gasteiger partial charge in [0.2, 0.25) is 0 Å². The van der Waals surface area contributed by atoms with Gasteiger partial charge in [-0.2, -0.15) is 0 Å². The van der Waals surface area contributed by atoms with Crippen LogP contribution < -0.4 is 22.2 Å². The third-order valence-corrected chi connectivity index (χ3v) is 5.17. The lowest BCUT2D eigenvalue weighted by atomic mass is 10.1. The Morgan fingerprint density at radius 1 is 0.526 bits per heavy atom. The number of fused-ring (bicyclic) bond motifs is 2. The molecule has 0 aliphatic heterocycles. The van der Waals surface area contributed by atoms with Gasteiger partial charge in [0.15, 0.2) is 0 Å². The number of nitrogens with zero attached hydrogens (tertiary/aromatic N) is 6. The van der Waals surface area contributed by atoms with Gasteiger partial charge in [0.05, 0.1) is 33.6 Å². The van der Waals surface area contributed by atoms with E-state index in [4.69, 9.17) is 0 Å². The molecular weight excluding hydrogens is 532 g/mol. The number of benzene rings is 1. The van der Waals surface area contributed by atoms with E-state index >= 15 is 0 Å². The Balaban J connectivity index is 2.18. The molecule has 2 aromatic heterocycles. The van der Waals surface area contributed by atoms with Crippen LogP contribution in [0.4, 0.5) is 0 Å². The Morgan fingerprint density at radius 2 is 0.737 bits per heavy atom. The highest BCUT2D eigenvalue weighted by molar-refractivity contribution is 5.97. The first-order valence-corrected chi connectivity index (χ1v) is 9.86. The molecule has 0 unspecified atom stereocenters. The number of hydrogen-bond acceptors (Lipinski definition) is 16. The van der Waals surface area contributed by atoms with Gasteiger partial charge < -0.3 is 19.4 Å². The van der Waals surface area contributed by atoms with E-state index in [1.807, 2.05) is 0 Å². The van der Waals surface area contributed by atoms with Crippen molar-refractivity contribution in [2.24, 2.45) is 0 Å². The average Bonchev–Trinajstić information content (AvgIpc) is 3.22. The Morgan fingerprint density at radius 3 is 0.921 bits per heavy atom. The van der Waals surface area contributed by atoms with Crippen molar-refractivity contribution in [3.63, 3.8) is 0 Å². The molecule has 38 heavy (non-hydrogen) atoms. The van der Waals surface area contributed by atoms with E-state index < -0.39 is 103 Å². The van der Waals surface area contributed by atoms with Crippen LogP contribution in [0.3, 0.4) is 0 Å². The molecule has 0 bridgehead atoms. The number of aromatic nitrogens is 2. The summed E-state index contributed by atoms with van der Waals surface area (Å²) in [6, 6.07) is -1.69. The fourth-order valence-corrected chi connectivity index (χ4v) is 3.66. The fourth-order valence-electron chi connectivity index (χ4n) is 3.66. The SMILES string of the molecule is O=c1c2cc3c(=O)n(C(CO[N+](=O)[O-])CO[N+](=O)[O-])c(=O)c3cc2c(=O)n1C(CO[N+](=O)[O-])CO[N+](=O)[O-]. The normalized spacial score (nSPS) is 11.2. The maximum absolute atomic E-state index is 13.0. The van der Waals surface area contributed by atoms with Gasteiger partial charge in [0, 0.05) is 0 Å². The van der Waals surface area contributed by atoms with Gasteiger partial charge in [-0.1, -0.05) is 0 Å². The molecule has 0 atom stereocenters. The van der Waals surface area contributed by atoms with Gasteiger partial charge in [0.1, 0.15) is 26.4 Å². The van der Waals surface area contributed by atoms with Crippen LogP contribution in [0.1, 0.15) is 12.1 Å². The van der Waals surface area contributed by atoms with Crippen molar-refractivity contribution in [1.82, 2.24) is 9.13 Å². The largest absolute Gasteiger partial charge is 0.312 e. The van der Waals surface area contributed by atoms with Gasteiger partial charge in [-0.15, -0.1) is 40.5 Å². The summed E-state index contributed by atoms with van der Waals surface area (Å²) in [5.41, 5.74) is -4.67. The molecule has 0 N–H and O–H groups in total. The second-order valence-corrected chi connectivity index (χ2v) is 7.29. The van der Waals surface area contributed by atoms with Crippen LogP contribution >= 0.6 is 0 Å². The molecule has 0 aliphatic rings. The molecule has 3 rings (SSSR count). The zero-order valence-corrected chi connectivity index (χ0v) is 18.4. The zero-order valence-electron chi connectivity index (χ0n) is 18.4. The molecule has 3 aromatic rings. The maximum Gasteiger partial charge on any atom is 0.294 e. The molecule has 0 spiro atoms. The van der Waals surface area contributed by atoms with Gasteiger partial charge >= 0.3 is 0 Å². The van der Waals surface area contributed by atoms with Gasteiger partial charge in [-0.3, -0.25) is 28.3 Å². The zero-order chi connectivity index (χ0) is 28.3. The third kappa shape index (κ3) is 5.26. The van der Waals surface area contributed by atoms with Gasteiger partial charge in [-0.25, -0.2) is 0 Å². The van der Waals surface area contributed by atoms with Crippen LogP contribution in [-0.4, -0.2) is 55.9 Å². The third-order valence-electron chi connectivity index (χ3n) is 5.17. The van der Waals surface area contributed by atoms with E-state index in [1.165, 1.54) is 0 Å². The van der Waals surface area contributed by atoms with Crippen LogP contribution in [0.25, 0.3) is 21.5 Å². The molecule has 22 nitrogen and oxygen atoms in total. The van der Waals surface area contributed by atoms with Crippen molar-refractivity contribution in [3.8, 4) is 0 Å². The van der Waals surface area contributed by atoms with Crippen LogP contribution in [-0.2, 0) is 19.4 Å². The molecule has 22 heteroatoms. The highest BCUT2D eigenvalue weighted by Crippen LogP contribution is 2.18. The van der Waals surface area contributed by atoms with E-state index in [1.54, 1.807) is 0 Å². The summed E-state index contributed by atoms with van der Waals surface area (Å²) in [5.74, 6) is 0. The number of hydrogen-bond donors (Lipinski definition) is 0. The van der Waals surface area contributed by atoms with Crippen molar-refractivity contribution >= 4 is 21.5 Å². The maximum atomic E-state index is 13.0. The molecular formula is C16H12N6O16. The van der Waals surface area contributed by atoms with Crippen molar-refractivity contribution in [1.29, 1.82) is 0 Å². The van der Waals surface area contributed by atoms with E-state index in [0.29, 0.717) is 9.13 Å². The van der Waals surface area contributed by atoms with Crippen molar-refractivity contribution in [2.45, 2.75) is 12.1 Å². The summed E-state index contributed by atoms with van der Waals surface area (Å²) in [6.07, 6.45) is 0. The van der Waals surface area contributed by atoms with E-state index in [-0.39, 0.29) is 0 Å². The summed E-state index contributed by atoms with van der Waals surface area (Å²) >= 11 is 0. The standard InChI is InChI=1S/C16H12N6O16/c23-13-9-1-10-12(16(26)18(14(10)24)8(5-37-21(31)32)6-38-22(33)34)2-11(9)15(25)17(13)7(3-35-19(27)28)4-36-20(29)30/h1-2,7-8H,3-6H2. The minimum absolute atomic E-state index is 0.359. The Bertz CT molecular complexity index is 1420. The molecule has 0 saturated carbocycles. The first-order chi connectivity index (χ1) is 17.8. The molecule has 0 amide bonds. The smallest absolute Gasteiger partial charge is 0.294 e. The minimum atomic E-state index is -1.67. The van der Waals surface area contributed by atoms with Crippen LogP contribution in [0.2, 0.25) is 0 Å². The van der Waals surface area contributed by atoms with E-state index in [9.17, 15) is 59.6 Å². The van der Waals surface area contributed by atoms with Gasteiger partial charge in [0.25, 0.3) is 42.6 Å². The predicted octanol–water partition coefficient (Wildman–Crippen LogP) is -2.17. The molecule has 0 saturated heterocycles. The summed E-state index contributed by atoms with van der Waals surface area (Å²) in [6.45, 7) is -4.03. The average molecular weight is 544 g/mol. The second kappa shape index (κ2) is 10.5. The monoisotopic (exact) mass is 544 g/mol. The molecule has 0 aliphatic carbocycles. The molecule has 0 fully saturated rings. The summed E-state index contributed by atoms with van der Waals surface area (Å²) < 4.78 is 0.719. The van der Waals surface area contributed by atoms with Crippen LogP contribution in [0.15, 0.2) is 31.3 Å². The Hall–Kier alpha value is -5.70. The van der Waals surface area contributed by atoms with Gasteiger partial charge in [-0.05, 0) is 12.1 Å². The van der Waals surface area contributed by atoms with E-state index in [0.717, 1.165) is 12.1 Å². The van der Waals surface area contributed by atoms with E-state index in [2.05, 4.69) is 19.4 Å². The Kier molecular flexibility index (Phi) is 7.44. The van der Waals surface area contributed by atoms with Crippen molar-refractivity contribution < 1.29 is 39.7 Å². The molecule has 1 aromatic carbocycles. The topological polar surface area (TPSA) is 288 Å². The van der Waals surface area contributed by atoms with Crippen molar-refractivity contribution in [2.75, 3.05) is 26.4 Å². The molecule has 0 radical (unpaired) electrons. The minimum Gasteiger partial charge on any atom is -0.312 e. The highest BCUT2D eigenvalue weighted by atomic mass is 17.0. The molecule has 2 heterocycles. The second-order valence-electron chi connectivity index (χ2n) is 7.29. The van der Waals surface area contributed by atoms with Crippen molar-refractivity contribution in [3.05, 3.63) is 94.0 Å². The molecule has 202 valence electrons. The predicted molar refractivity (Wildman–Crippen MR) is 115 cm³/mol. The Labute approximate surface area is 203 Å². The first-order valence-electron chi connectivity index (χ1n) is 9.86. The lowest BCUT2D eigenvalue weighted by Crippen LogP contribution is -2.36. The van der Waals surface area contributed by atoms with Crippen LogP contribution in [0, 0.1) is 40.5 Å². The van der Waals surface area contributed by atoms with Crippen LogP contribution in [0.5, 0.6) is 0 Å². The summed E-state index contributed by atoms with van der Waals surface area (Å²) in [7, 11) is 0. The first kappa shape index (κ1) is 26.9. The lowest BCUT2D eigenvalue weighted by Gasteiger charge is -2.14. The summed E-state index contributed by atoms with van der Waals surface area (Å²) in [4.78, 5) is 110. The summed E-state index contributed by atoms with van der Waals surface area (Å²) in [5, 5.41) is 35.2. The fraction of sp³-hybridized carbons (Fsp3) is 0.375. The highest BCUT2D eigenvalue weighted by Gasteiger charge is 2.27. The quantitative estimate of drug-likeness (QED) is 0.154. The lowest BCUT2D eigenvalue weighted by molar-refractivity contribution is -0.768. The number of rotatable bonds is 14.